The number of hydrogen-bond donors (Lipinski definition) is 0. The van der Waals surface area contributed by atoms with Crippen molar-refractivity contribution in [2.45, 2.75) is 58.9 Å². The third kappa shape index (κ3) is 4.30. The number of ether oxygens (including phenoxy) is 1. The molecule has 1 aliphatic rings. The summed E-state index contributed by atoms with van der Waals surface area (Å²) in [5.74, 6) is 0.764. The Hall–Kier alpha value is -0.570. The minimum absolute atomic E-state index is 0.00167. The summed E-state index contributed by atoms with van der Waals surface area (Å²) in [7, 11) is 0. The fourth-order valence-electron chi connectivity index (χ4n) is 2.75. The number of nitrogens with zero attached hydrogens (tertiary/aromatic N) is 1. The molecule has 100 valence electrons. The van der Waals surface area contributed by atoms with Crippen molar-refractivity contribution in [2.75, 3.05) is 19.7 Å². The Balaban J connectivity index is 2.50. The van der Waals surface area contributed by atoms with E-state index in [1.165, 1.54) is 19.3 Å². The summed E-state index contributed by atoms with van der Waals surface area (Å²) in [5, 5.41) is 0. The highest BCUT2D eigenvalue weighted by Crippen LogP contribution is 2.24. The molecule has 0 saturated carbocycles. The molecule has 0 aromatic rings. The molecule has 3 heteroatoms. The number of esters is 1. The highest BCUT2D eigenvalue weighted by molar-refractivity contribution is 5.75. The van der Waals surface area contributed by atoms with E-state index in [0.717, 1.165) is 31.8 Å². The lowest BCUT2D eigenvalue weighted by atomic mass is 10.0. The molecule has 0 aromatic carbocycles. The van der Waals surface area contributed by atoms with Crippen LogP contribution in [0.5, 0.6) is 0 Å². The lowest BCUT2D eigenvalue weighted by Gasteiger charge is -2.25. The topological polar surface area (TPSA) is 29.5 Å². The van der Waals surface area contributed by atoms with Crippen molar-refractivity contribution in [3.8, 4) is 0 Å². The maximum absolute atomic E-state index is 11.9. The van der Waals surface area contributed by atoms with E-state index >= 15 is 0 Å². The first kappa shape index (κ1) is 14.5. The van der Waals surface area contributed by atoms with Crippen molar-refractivity contribution < 1.29 is 9.53 Å². The van der Waals surface area contributed by atoms with E-state index in [1.807, 2.05) is 6.92 Å². The fourth-order valence-corrected chi connectivity index (χ4v) is 2.75. The van der Waals surface area contributed by atoms with Gasteiger partial charge in [-0.3, -0.25) is 9.69 Å². The summed E-state index contributed by atoms with van der Waals surface area (Å²) in [5.41, 5.74) is 0. The zero-order valence-corrected chi connectivity index (χ0v) is 11.6. The number of rotatable bonds is 7. The largest absolute Gasteiger partial charge is 0.465 e. The van der Waals surface area contributed by atoms with Gasteiger partial charge >= 0.3 is 5.97 Å². The van der Waals surface area contributed by atoms with Crippen LogP contribution in [0.3, 0.4) is 0 Å². The first-order valence-electron chi connectivity index (χ1n) is 7.13. The van der Waals surface area contributed by atoms with E-state index in [9.17, 15) is 4.79 Å². The fraction of sp³-hybridized carbons (Fsp3) is 0.929. The van der Waals surface area contributed by atoms with Crippen LogP contribution in [-0.2, 0) is 9.53 Å². The van der Waals surface area contributed by atoms with Gasteiger partial charge < -0.3 is 4.74 Å². The second-order valence-corrected chi connectivity index (χ2v) is 4.99. The molecule has 17 heavy (non-hydrogen) atoms. The second-order valence-electron chi connectivity index (χ2n) is 4.99. The SMILES string of the molecule is CCCC1CCN(C(CCC)C(=O)OCC)C1. The van der Waals surface area contributed by atoms with E-state index in [1.54, 1.807) is 0 Å². The Morgan fingerprint density at radius 1 is 1.35 bits per heavy atom. The molecule has 0 radical (unpaired) electrons. The second kappa shape index (κ2) is 7.70. The minimum atomic E-state index is -0.0218. The predicted molar refractivity (Wildman–Crippen MR) is 69.9 cm³/mol. The molecule has 0 bridgehead atoms. The molecule has 1 fully saturated rings. The van der Waals surface area contributed by atoms with Crippen LogP contribution < -0.4 is 0 Å². The third-order valence-electron chi connectivity index (χ3n) is 3.58. The molecule has 2 atom stereocenters. The van der Waals surface area contributed by atoms with E-state index in [2.05, 4.69) is 18.7 Å². The van der Waals surface area contributed by atoms with Crippen molar-refractivity contribution in [1.29, 1.82) is 0 Å². The molecule has 3 nitrogen and oxygen atoms in total. The average Bonchev–Trinajstić information content (AvgIpc) is 2.75. The number of likely N-dealkylation sites (tertiary alicyclic amines) is 1. The van der Waals surface area contributed by atoms with Crippen LogP contribution in [0.1, 0.15) is 52.9 Å². The van der Waals surface area contributed by atoms with Gasteiger partial charge in [0.15, 0.2) is 0 Å². The molecule has 0 aliphatic carbocycles. The van der Waals surface area contributed by atoms with E-state index in [4.69, 9.17) is 4.74 Å². The molecule has 1 saturated heterocycles. The normalized spacial score (nSPS) is 22.6. The average molecular weight is 241 g/mol. The molecular formula is C14H27NO2. The van der Waals surface area contributed by atoms with Crippen LogP contribution in [0.2, 0.25) is 0 Å². The van der Waals surface area contributed by atoms with Gasteiger partial charge in [-0.15, -0.1) is 0 Å². The van der Waals surface area contributed by atoms with Gasteiger partial charge in [0.2, 0.25) is 0 Å². The van der Waals surface area contributed by atoms with Crippen LogP contribution >= 0.6 is 0 Å². The molecule has 2 unspecified atom stereocenters. The maximum atomic E-state index is 11.9. The lowest BCUT2D eigenvalue weighted by Crippen LogP contribution is -2.40. The summed E-state index contributed by atoms with van der Waals surface area (Å²) in [4.78, 5) is 14.3. The van der Waals surface area contributed by atoms with Crippen molar-refractivity contribution >= 4 is 5.97 Å². The predicted octanol–water partition coefficient (Wildman–Crippen LogP) is 2.84. The maximum Gasteiger partial charge on any atom is 0.323 e. The molecule has 1 heterocycles. The number of hydrogen-bond acceptors (Lipinski definition) is 3. The molecule has 1 aliphatic heterocycles. The number of carbonyl (C=O) groups is 1. The van der Waals surface area contributed by atoms with Crippen LogP contribution in [-0.4, -0.2) is 36.6 Å². The van der Waals surface area contributed by atoms with Crippen LogP contribution in [0.25, 0.3) is 0 Å². The Morgan fingerprint density at radius 3 is 2.71 bits per heavy atom. The molecule has 0 aromatic heterocycles. The Labute approximate surface area is 106 Å². The van der Waals surface area contributed by atoms with Gasteiger partial charge in [-0.25, -0.2) is 0 Å². The van der Waals surface area contributed by atoms with E-state index in [-0.39, 0.29) is 12.0 Å². The standard InChI is InChI=1S/C14H27NO2/c1-4-7-12-9-10-15(11-12)13(8-5-2)14(16)17-6-3/h12-13H,4-11H2,1-3H3. The van der Waals surface area contributed by atoms with Gasteiger partial charge in [-0.05, 0) is 38.6 Å². The molecule has 0 N–H and O–H groups in total. The quantitative estimate of drug-likeness (QED) is 0.642. The summed E-state index contributed by atoms with van der Waals surface area (Å²) in [6.07, 6.45) is 5.75. The van der Waals surface area contributed by atoms with Crippen LogP contribution in [0.4, 0.5) is 0 Å². The zero-order chi connectivity index (χ0) is 12.7. The van der Waals surface area contributed by atoms with E-state index in [0.29, 0.717) is 6.61 Å². The van der Waals surface area contributed by atoms with Gasteiger partial charge in [0, 0.05) is 6.54 Å². The lowest BCUT2D eigenvalue weighted by molar-refractivity contribution is -0.149. The van der Waals surface area contributed by atoms with Crippen LogP contribution in [0, 0.1) is 5.92 Å². The zero-order valence-electron chi connectivity index (χ0n) is 11.6. The molecular weight excluding hydrogens is 214 g/mol. The van der Waals surface area contributed by atoms with Gasteiger partial charge in [0.1, 0.15) is 6.04 Å². The van der Waals surface area contributed by atoms with Crippen molar-refractivity contribution in [3.05, 3.63) is 0 Å². The molecule has 0 spiro atoms. The van der Waals surface area contributed by atoms with Crippen molar-refractivity contribution in [2.24, 2.45) is 5.92 Å². The molecule has 1 rings (SSSR count). The minimum Gasteiger partial charge on any atom is -0.465 e. The first-order valence-corrected chi connectivity index (χ1v) is 7.13. The van der Waals surface area contributed by atoms with Crippen molar-refractivity contribution in [3.63, 3.8) is 0 Å². The van der Waals surface area contributed by atoms with E-state index < -0.39 is 0 Å². The molecule has 0 amide bonds. The van der Waals surface area contributed by atoms with Gasteiger partial charge in [-0.1, -0.05) is 26.7 Å². The summed E-state index contributed by atoms with van der Waals surface area (Å²) >= 11 is 0. The highest BCUT2D eigenvalue weighted by Gasteiger charge is 2.32. The first-order chi connectivity index (χ1) is 8.22. The monoisotopic (exact) mass is 241 g/mol. The third-order valence-corrected chi connectivity index (χ3v) is 3.58. The summed E-state index contributed by atoms with van der Waals surface area (Å²) in [6, 6.07) is 0.00167. The number of carbonyl (C=O) groups excluding carboxylic acids is 1. The Bertz CT molecular complexity index is 230. The summed E-state index contributed by atoms with van der Waals surface area (Å²) in [6.45, 7) is 8.88. The van der Waals surface area contributed by atoms with Gasteiger partial charge in [0.25, 0.3) is 0 Å². The van der Waals surface area contributed by atoms with Gasteiger partial charge in [-0.2, -0.15) is 0 Å². The Kier molecular flexibility index (Phi) is 6.56. The summed E-state index contributed by atoms with van der Waals surface area (Å²) < 4.78 is 5.18. The smallest absolute Gasteiger partial charge is 0.323 e. The van der Waals surface area contributed by atoms with Crippen LogP contribution in [0.15, 0.2) is 0 Å². The van der Waals surface area contributed by atoms with Gasteiger partial charge in [0.05, 0.1) is 6.61 Å². The highest BCUT2D eigenvalue weighted by atomic mass is 16.5. The van der Waals surface area contributed by atoms with Crippen molar-refractivity contribution in [1.82, 2.24) is 4.90 Å². The Morgan fingerprint density at radius 2 is 2.12 bits per heavy atom.